The lowest BCUT2D eigenvalue weighted by Crippen LogP contribution is -2.22. The van der Waals surface area contributed by atoms with Gasteiger partial charge in [0.25, 0.3) is 0 Å². The molecule has 0 atom stereocenters. The van der Waals surface area contributed by atoms with Crippen LogP contribution in [0.15, 0.2) is 85.6 Å². The summed E-state index contributed by atoms with van der Waals surface area (Å²) in [4.78, 5) is 9.48. The zero-order valence-electron chi connectivity index (χ0n) is 15.5. The van der Waals surface area contributed by atoms with E-state index in [0.29, 0.717) is 5.82 Å². The van der Waals surface area contributed by atoms with E-state index >= 15 is 0 Å². The number of nitrogens with one attached hydrogen (secondary N) is 4. The van der Waals surface area contributed by atoms with E-state index in [1.165, 1.54) is 0 Å². The van der Waals surface area contributed by atoms with Crippen molar-refractivity contribution in [2.75, 3.05) is 0 Å². The summed E-state index contributed by atoms with van der Waals surface area (Å²) in [6.45, 7) is 0. The van der Waals surface area contributed by atoms with E-state index in [2.05, 4.69) is 50.5 Å². The van der Waals surface area contributed by atoms with Gasteiger partial charge in [-0.25, -0.2) is 9.97 Å². The summed E-state index contributed by atoms with van der Waals surface area (Å²) in [6, 6.07) is 18.5. The smallest absolute Gasteiger partial charge is 0.160 e. The summed E-state index contributed by atoms with van der Waals surface area (Å²) in [5.41, 5.74) is 5.25. The molecule has 2 aromatic carbocycles. The van der Waals surface area contributed by atoms with E-state index in [-0.39, 0.29) is 24.7 Å². The number of aromatic nitrogens is 2. The van der Waals surface area contributed by atoms with Crippen LogP contribution in [0.5, 0.6) is 0 Å². The van der Waals surface area contributed by atoms with Crippen molar-refractivity contribution in [3.8, 4) is 22.6 Å². The first-order valence-corrected chi connectivity index (χ1v) is 9.26. The van der Waals surface area contributed by atoms with Crippen molar-refractivity contribution in [1.82, 2.24) is 31.2 Å². The molecule has 2 aliphatic heterocycles. The molecule has 3 heterocycles. The molecule has 4 N–H and O–H groups in total. The number of rotatable bonds is 4. The number of hydrogen-bond donors (Lipinski definition) is 4. The SMILES string of the molecule is C1=CNC(c2ccccc2-c2ccnc(-c3ccccc3C3NC=CN3)n2)N1.Cl. The Morgan fingerprint density at radius 2 is 1.14 bits per heavy atom. The maximum Gasteiger partial charge on any atom is 0.160 e. The Labute approximate surface area is 175 Å². The average Bonchev–Trinajstić information content (AvgIpc) is 3.48. The molecule has 0 fully saturated rings. The molecule has 0 aliphatic carbocycles. The van der Waals surface area contributed by atoms with E-state index in [9.17, 15) is 0 Å². The lowest BCUT2D eigenvalue weighted by atomic mass is 10.0. The van der Waals surface area contributed by atoms with Crippen LogP contribution in [0.4, 0.5) is 0 Å². The Kier molecular flexibility index (Phi) is 5.35. The molecule has 1 aromatic heterocycles. The topological polar surface area (TPSA) is 73.9 Å². The number of hydrogen-bond acceptors (Lipinski definition) is 6. The molecule has 0 unspecified atom stereocenters. The molecule has 7 heteroatoms. The molecule has 146 valence electrons. The van der Waals surface area contributed by atoms with Crippen LogP contribution in [0.3, 0.4) is 0 Å². The van der Waals surface area contributed by atoms with Crippen molar-refractivity contribution in [2.45, 2.75) is 12.3 Å². The highest BCUT2D eigenvalue weighted by Gasteiger charge is 2.19. The van der Waals surface area contributed by atoms with E-state index in [1.54, 1.807) is 0 Å². The van der Waals surface area contributed by atoms with Gasteiger partial charge in [0, 0.05) is 53.3 Å². The maximum absolute atomic E-state index is 4.91. The summed E-state index contributed by atoms with van der Waals surface area (Å²) in [5, 5.41) is 13.2. The molecule has 0 amide bonds. The first kappa shape index (κ1) is 18.8. The van der Waals surface area contributed by atoms with Crippen LogP contribution in [0, 0.1) is 0 Å². The van der Waals surface area contributed by atoms with Crippen LogP contribution < -0.4 is 21.3 Å². The average molecular weight is 405 g/mol. The molecule has 2 aliphatic rings. The minimum Gasteiger partial charge on any atom is -0.366 e. The summed E-state index contributed by atoms with van der Waals surface area (Å²) in [5.74, 6) is 0.712. The van der Waals surface area contributed by atoms with Gasteiger partial charge in [0.15, 0.2) is 5.82 Å². The van der Waals surface area contributed by atoms with Gasteiger partial charge in [-0.15, -0.1) is 12.4 Å². The van der Waals surface area contributed by atoms with Gasteiger partial charge >= 0.3 is 0 Å². The molecule has 0 spiro atoms. The molecule has 6 nitrogen and oxygen atoms in total. The van der Waals surface area contributed by atoms with Crippen molar-refractivity contribution in [3.05, 3.63) is 96.7 Å². The normalized spacial score (nSPS) is 15.2. The van der Waals surface area contributed by atoms with Crippen LogP contribution in [0.25, 0.3) is 22.6 Å². The summed E-state index contributed by atoms with van der Waals surface area (Å²) in [7, 11) is 0. The van der Waals surface area contributed by atoms with Gasteiger partial charge in [0.05, 0.1) is 5.69 Å². The van der Waals surface area contributed by atoms with E-state index in [1.807, 2.05) is 61.3 Å². The van der Waals surface area contributed by atoms with Gasteiger partial charge in [-0.1, -0.05) is 48.5 Å². The fourth-order valence-corrected chi connectivity index (χ4v) is 3.61. The number of nitrogens with zero attached hydrogens (tertiary/aromatic N) is 2. The molecule has 0 radical (unpaired) electrons. The monoisotopic (exact) mass is 404 g/mol. The first-order chi connectivity index (χ1) is 13.9. The van der Waals surface area contributed by atoms with Crippen molar-refractivity contribution >= 4 is 12.4 Å². The Morgan fingerprint density at radius 3 is 1.76 bits per heavy atom. The van der Waals surface area contributed by atoms with Crippen molar-refractivity contribution in [1.29, 1.82) is 0 Å². The van der Waals surface area contributed by atoms with Crippen molar-refractivity contribution in [3.63, 3.8) is 0 Å². The third-order valence-electron chi connectivity index (χ3n) is 4.93. The van der Waals surface area contributed by atoms with Gasteiger partial charge in [-0.05, 0) is 6.07 Å². The van der Waals surface area contributed by atoms with Crippen LogP contribution >= 0.6 is 12.4 Å². The fraction of sp³-hybridized carbons (Fsp3) is 0.0909. The molecular weight excluding hydrogens is 384 g/mol. The third kappa shape index (κ3) is 3.62. The molecule has 5 rings (SSSR count). The summed E-state index contributed by atoms with van der Waals surface area (Å²) in [6.07, 6.45) is 9.54. The second-order valence-electron chi connectivity index (χ2n) is 6.64. The molecule has 29 heavy (non-hydrogen) atoms. The van der Waals surface area contributed by atoms with Crippen LogP contribution in [0.1, 0.15) is 23.5 Å². The predicted octanol–water partition coefficient (Wildman–Crippen LogP) is 3.56. The second-order valence-corrected chi connectivity index (χ2v) is 6.64. The quantitative estimate of drug-likeness (QED) is 0.533. The third-order valence-corrected chi connectivity index (χ3v) is 4.93. The zero-order valence-corrected chi connectivity index (χ0v) is 16.4. The second kappa shape index (κ2) is 8.24. The maximum atomic E-state index is 4.91. The number of benzene rings is 2. The molecular formula is C22H21ClN6. The molecule has 0 saturated carbocycles. The van der Waals surface area contributed by atoms with Crippen LogP contribution in [-0.4, -0.2) is 9.97 Å². The van der Waals surface area contributed by atoms with Crippen LogP contribution in [-0.2, 0) is 0 Å². The van der Waals surface area contributed by atoms with Crippen molar-refractivity contribution in [2.24, 2.45) is 0 Å². The summed E-state index contributed by atoms with van der Waals surface area (Å²) >= 11 is 0. The number of halogens is 1. The molecule has 0 saturated heterocycles. The van der Waals surface area contributed by atoms with Crippen LogP contribution in [0.2, 0.25) is 0 Å². The summed E-state index contributed by atoms with van der Waals surface area (Å²) < 4.78 is 0. The van der Waals surface area contributed by atoms with E-state index in [4.69, 9.17) is 4.98 Å². The van der Waals surface area contributed by atoms with Gasteiger partial charge in [-0.3, -0.25) is 0 Å². The van der Waals surface area contributed by atoms with E-state index in [0.717, 1.165) is 27.9 Å². The van der Waals surface area contributed by atoms with Gasteiger partial charge in [0.2, 0.25) is 0 Å². The van der Waals surface area contributed by atoms with Gasteiger partial charge in [-0.2, -0.15) is 0 Å². The largest absolute Gasteiger partial charge is 0.366 e. The predicted molar refractivity (Wildman–Crippen MR) is 116 cm³/mol. The molecule has 0 bridgehead atoms. The molecule has 3 aromatic rings. The highest BCUT2D eigenvalue weighted by molar-refractivity contribution is 5.85. The minimum atomic E-state index is 0. The van der Waals surface area contributed by atoms with Gasteiger partial charge in [0.1, 0.15) is 12.3 Å². The standard InChI is InChI=1S/C22H20N6.ClH/c1-2-6-16(20-24-11-12-25-20)15(5-1)19-9-10-23-22(28-19)18-8-4-3-7-17(18)21-26-13-14-27-21;/h1-14,20-21,24-27H;1H. The Bertz CT molecular complexity index is 968. The van der Waals surface area contributed by atoms with Gasteiger partial charge < -0.3 is 21.3 Å². The lowest BCUT2D eigenvalue weighted by molar-refractivity contribution is 0.608. The van der Waals surface area contributed by atoms with Crippen molar-refractivity contribution < 1.29 is 0 Å². The zero-order chi connectivity index (χ0) is 18.8. The highest BCUT2D eigenvalue weighted by atomic mass is 35.5. The Morgan fingerprint density at radius 1 is 0.621 bits per heavy atom. The highest BCUT2D eigenvalue weighted by Crippen LogP contribution is 2.30. The minimum absolute atomic E-state index is 0. The Balaban J connectivity index is 0.00000205. The Hall–Kier alpha value is -3.51. The fourth-order valence-electron chi connectivity index (χ4n) is 3.61. The lowest BCUT2D eigenvalue weighted by Gasteiger charge is -2.18. The first-order valence-electron chi connectivity index (χ1n) is 9.26. The van der Waals surface area contributed by atoms with E-state index < -0.39 is 0 Å².